The number of aliphatic carboxylic acids is 1. The summed E-state index contributed by atoms with van der Waals surface area (Å²) in [6, 6.07) is 3.61. The molecule has 1 aliphatic heterocycles. The first-order valence-electron chi connectivity index (χ1n) is 6.54. The van der Waals surface area contributed by atoms with Gasteiger partial charge >= 0.3 is 12.0 Å². The average Bonchev–Trinajstić information content (AvgIpc) is 2.39. The van der Waals surface area contributed by atoms with Crippen molar-refractivity contribution < 1.29 is 23.8 Å². The summed E-state index contributed by atoms with van der Waals surface area (Å²) in [6.45, 7) is 2.32. The molecule has 0 aliphatic carbocycles. The highest BCUT2D eigenvalue weighted by molar-refractivity contribution is 5.90. The molecular weight excluding hydrogens is 279 g/mol. The molecule has 1 atom stereocenters. The summed E-state index contributed by atoms with van der Waals surface area (Å²) in [7, 11) is 1.45. The minimum absolute atomic E-state index is 0.0362. The summed E-state index contributed by atoms with van der Waals surface area (Å²) in [4.78, 5) is 24.2. The molecule has 21 heavy (non-hydrogen) atoms. The van der Waals surface area contributed by atoms with E-state index in [1.54, 1.807) is 6.92 Å². The fourth-order valence-electron chi connectivity index (χ4n) is 2.12. The first kappa shape index (κ1) is 15.1. The molecule has 1 aromatic rings. The Morgan fingerprint density at radius 2 is 2.14 bits per heavy atom. The molecule has 1 aliphatic rings. The van der Waals surface area contributed by atoms with E-state index in [1.807, 2.05) is 0 Å². The van der Waals surface area contributed by atoms with Gasteiger partial charge in [0.2, 0.25) is 0 Å². The zero-order valence-electron chi connectivity index (χ0n) is 11.8. The van der Waals surface area contributed by atoms with Crippen LogP contribution in [0.5, 0.6) is 5.75 Å². The lowest BCUT2D eigenvalue weighted by Crippen LogP contribution is -2.54. The molecular formula is C14H17FN2O4. The molecule has 0 radical (unpaired) electrons. The van der Waals surface area contributed by atoms with Crippen LogP contribution >= 0.6 is 0 Å². The van der Waals surface area contributed by atoms with Gasteiger partial charge in [-0.05, 0) is 12.1 Å². The first-order valence-corrected chi connectivity index (χ1v) is 6.54. The molecule has 1 heterocycles. The number of nitrogens with zero attached hydrogens (tertiary/aromatic N) is 1. The normalized spacial score (nSPS) is 16.0. The van der Waals surface area contributed by atoms with Crippen molar-refractivity contribution in [2.75, 3.05) is 25.5 Å². The number of urea groups is 1. The largest absolute Gasteiger partial charge is 0.497 e. The number of anilines is 1. The Kier molecular flexibility index (Phi) is 4.30. The maximum atomic E-state index is 13.6. The number of carbonyl (C=O) groups is 2. The number of methoxy groups -OCH3 is 1. The van der Waals surface area contributed by atoms with E-state index in [4.69, 9.17) is 9.84 Å². The van der Waals surface area contributed by atoms with Gasteiger partial charge in [0.05, 0.1) is 18.7 Å². The van der Waals surface area contributed by atoms with Crippen molar-refractivity contribution in [2.45, 2.75) is 6.92 Å². The van der Waals surface area contributed by atoms with E-state index in [-0.39, 0.29) is 11.6 Å². The second-order valence-corrected chi connectivity index (χ2v) is 5.07. The highest BCUT2D eigenvalue weighted by Gasteiger charge is 2.37. The molecule has 2 N–H and O–H groups in total. The Balaban J connectivity index is 1.93. The predicted molar refractivity (Wildman–Crippen MR) is 73.8 cm³/mol. The summed E-state index contributed by atoms with van der Waals surface area (Å²) < 4.78 is 18.6. The van der Waals surface area contributed by atoms with Crippen molar-refractivity contribution in [1.29, 1.82) is 0 Å². The third-order valence-corrected chi connectivity index (χ3v) is 3.71. The lowest BCUT2D eigenvalue weighted by molar-refractivity contribution is -0.144. The second-order valence-electron chi connectivity index (χ2n) is 5.07. The summed E-state index contributed by atoms with van der Waals surface area (Å²) in [5.74, 6) is -1.56. The van der Waals surface area contributed by atoms with Gasteiger partial charge in [-0.2, -0.15) is 0 Å². The topological polar surface area (TPSA) is 78.9 Å². The minimum atomic E-state index is -0.876. The van der Waals surface area contributed by atoms with Gasteiger partial charge in [-0.25, -0.2) is 9.18 Å². The number of carbonyl (C=O) groups excluding carboxylic acids is 1. The number of benzene rings is 1. The van der Waals surface area contributed by atoms with E-state index in [9.17, 15) is 14.0 Å². The van der Waals surface area contributed by atoms with E-state index in [0.717, 1.165) is 0 Å². The number of amides is 2. The number of carboxylic acids is 1. The Bertz CT molecular complexity index is 558. The Hall–Kier alpha value is -2.31. The molecule has 2 amide bonds. The molecule has 1 aromatic carbocycles. The van der Waals surface area contributed by atoms with Crippen LogP contribution in [0.4, 0.5) is 14.9 Å². The lowest BCUT2D eigenvalue weighted by atomic mass is 9.87. The molecule has 0 saturated carbocycles. The molecule has 7 heteroatoms. The minimum Gasteiger partial charge on any atom is -0.497 e. The van der Waals surface area contributed by atoms with Crippen LogP contribution in [0.15, 0.2) is 18.2 Å². The average molecular weight is 296 g/mol. The van der Waals surface area contributed by atoms with Gasteiger partial charge in [0.1, 0.15) is 11.6 Å². The van der Waals surface area contributed by atoms with Gasteiger partial charge in [-0.15, -0.1) is 0 Å². The highest BCUT2D eigenvalue weighted by Crippen LogP contribution is 2.26. The van der Waals surface area contributed by atoms with Gasteiger partial charge in [0.15, 0.2) is 0 Å². The molecule has 2 rings (SSSR count). The molecule has 114 valence electrons. The standard InChI is InChI=1S/C14H17FN2O4/c1-8(13(18)19)9-6-17(7-9)14(20)16-12-5-10(21-2)3-4-11(12)15/h3-5,8-9H,6-7H2,1-2H3,(H,16,20)(H,18,19). The predicted octanol–water partition coefficient (Wildman–Crippen LogP) is 2.02. The summed E-state index contributed by atoms with van der Waals surface area (Å²) in [5.41, 5.74) is 0.0362. The van der Waals surface area contributed by atoms with Crippen LogP contribution in [-0.2, 0) is 4.79 Å². The van der Waals surface area contributed by atoms with E-state index >= 15 is 0 Å². The number of hydrogen-bond donors (Lipinski definition) is 2. The van der Waals surface area contributed by atoms with Crippen molar-refractivity contribution in [1.82, 2.24) is 4.90 Å². The molecule has 1 fully saturated rings. The molecule has 0 bridgehead atoms. The van der Waals surface area contributed by atoms with Crippen molar-refractivity contribution in [3.8, 4) is 5.75 Å². The zero-order valence-corrected chi connectivity index (χ0v) is 11.8. The van der Waals surface area contributed by atoms with Crippen molar-refractivity contribution >= 4 is 17.7 Å². The Labute approximate surface area is 121 Å². The molecule has 1 unspecified atom stereocenters. The van der Waals surface area contributed by atoms with Crippen LogP contribution in [0, 0.1) is 17.7 Å². The molecule has 0 spiro atoms. The van der Waals surface area contributed by atoms with Crippen LogP contribution in [0.2, 0.25) is 0 Å². The zero-order chi connectivity index (χ0) is 15.6. The number of likely N-dealkylation sites (tertiary alicyclic amines) is 1. The lowest BCUT2D eigenvalue weighted by Gasteiger charge is -2.41. The van der Waals surface area contributed by atoms with Gasteiger partial charge in [-0.3, -0.25) is 4.79 Å². The first-order chi connectivity index (χ1) is 9.92. The summed E-state index contributed by atoms with van der Waals surface area (Å²) in [6.07, 6.45) is 0. The van der Waals surface area contributed by atoms with Crippen LogP contribution in [-0.4, -0.2) is 42.2 Å². The number of nitrogens with one attached hydrogen (secondary N) is 1. The van der Waals surface area contributed by atoms with E-state index in [1.165, 1.54) is 30.2 Å². The maximum absolute atomic E-state index is 13.6. The SMILES string of the molecule is COc1ccc(F)c(NC(=O)N2CC(C(C)C(=O)O)C2)c1. The number of hydrogen-bond acceptors (Lipinski definition) is 3. The van der Waals surface area contributed by atoms with Gasteiger partial charge in [0, 0.05) is 25.1 Å². The number of carboxylic acid groups (broad SMARTS) is 1. The number of halogens is 1. The summed E-state index contributed by atoms with van der Waals surface area (Å²) in [5, 5.41) is 11.3. The second kappa shape index (κ2) is 5.99. The van der Waals surface area contributed by atoms with Crippen LogP contribution < -0.4 is 10.1 Å². The smallest absolute Gasteiger partial charge is 0.321 e. The summed E-state index contributed by atoms with van der Waals surface area (Å²) >= 11 is 0. The van der Waals surface area contributed by atoms with Crippen molar-refractivity contribution in [3.63, 3.8) is 0 Å². The molecule has 0 aromatic heterocycles. The monoisotopic (exact) mass is 296 g/mol. The van der Waals surface area contributed by atoms with Crippen molar-refractivity contribution in [3.05, 3.63) is 24.0 Å². The van der Waals surface area contributed by atoms with Crippen molar-refractivity contribution in [2.24, 2.45) is 11.8 Å². The fraction of sp³-hybridized carbons (Fsp3) is 0.429. The van der Waals surface area contributed by atoms with Crippen LogP contribution in [0.3, 0.4) is 0 Å². The molecule has 1 saturated heterocycles. The third kappa shape index (κ3) is 3.24. The van der Waals surface area contributed by atoms with Gasteiger partial charge < -0.3 is 20.1 Å². The Morgan fingerprint density at radius 3 is 2.71 bits per heavy atom. The van der Waals surface area contributed by atoms with Gasteiger partial charge in [0.25, 0.3) is 0 Å². The number of ether oxygens (including phenoxy) is 1. The van der Waals surface area contributed by atoms with Gasteiger partial charge in [-0.1, -0.05) is 6.92 Å². The maximum Gasteiger partial charge on any atom is 0.321 e. The van der Waals surface area contributed by atoms with E-state index < -0.39 is 23.7 Å². The van der Waals surface area contributed by atoms with E-state index in [0.29, 0.717) is 18.8 Å². The quantitative estimate of drug-likeness (QED) is 0.891. The fourth-order valence-corrected chi connectivity index (χ4v) is 2.12. The van der Waals surface area contributed by atoms with E-state index in [2.05, 4.69) is 5.32 Å². The van der Waals surface area contributed by atoms with Crippen LogP contribution in [0.1, 0.15) is 6.92 Å². The highest BCUT2D eigenvalue weighted by atomic mass is 19.1. The third-order valence-electron chi connectivity index (χ3n) is 3.71. The van der Waals surface area contributed by atoms with Crippen LogP contribution in [0.25, 0.3) is 0 Å². The Morgan fingerprint density at radius 1 is 1.48 bits per heavy atom. The molecule has 6 nitrogen and oxygen atoms in total. The number of rotatable bonds is 4.